The van der Waals surface area contributed by atoms with Crippen LogP contribution in [0.3, 0.4) is 0 Å². The molecule has 5 heteroatoms. The molecule has 3 rings (SSSR count). The number of likely N-dealkylation sites (N-methyl/N-ethyl adjacent to an activating group) is 1. The Bertz CT molecular complexity index is 760. The van der Waals surface area contributed by atoms with Crippen LogP contribution in [0.5, 0.6) is 11.5 Å². The summed E-state index contributed by atoms with van der Waals surface area (Å²) in [6.45, 7) is 2.52. The van der Waals surface area contributed by atoms with Crippen LogP contribution >= 0.6 is 11.6 Å². The van der Waals surface area contributed by atoms with Crippen molar-refractivity contribution in [2.45, 2.75) is 13.3 Å². The van der Waals surface area contributed by atoms with Gasteiger partial charge in [0.25, 0.3) is 0 Å². The van der Waals surface area contributed by atoms with E-state index in [2.05, 4.69) is 0 Å². The second-order valence-corrected chi connectivity index (χ2v) is 5.77. The predicted molar refractivity (Wildman–Crippen MR) is 90.2 cm³/mol. The zero-order chi connectivity index (χ0) is 16.6. The summed E-state index contributed by atoms with van der Waals surface area (Å²) < 4.78 is 5.13. The van der Waals surface area contributed by atoms with Gasteiger partial charge in [-0.05, 0) is 48.7 Å². The van der Waals surface area contributed by atoms with Crippen molar-refractivity contribution in [3.63, 3.8) is 0 Å². The van der Waals surface area contributed by atoms with E-state index in [-0.39, 0.29) is 11.7 Å². The lowest BCUT2D eigenvalue weighted by molar-refractivity contribution is -0.116. The molecule has 0 spiro atoms. The van der Waals surface area contributed by atoms with Crippen LogP contribution in [0.15, 0.2) is 36.4 Å². The number of carbonyl (C=O) groups is 1. The van der Waals surface area contributed by atoms with Gasteiger partial charge in [0.05, 0.1) is 13.0 Å². The summed E-state index contributed by atoms with van der Waals surface area (Å²) in [5, 5.41) is 10.9. The molecule has 119 valence electrons. The van der Waals surface area contributed by atoms with Gasteiger partial charge in [-0.1, -0.05) is 23.7 Å². The topological polar surface area (TPSA) is 49.8 Å². The first-order valence-corrected chi connectivity index (χ1v) is 7.77. The number of nitrogens with zero attached hydrogens (tertiary/aromatic N) is 1. The Hall–Kier alpha value is -2.20. The van der Waals surface area contributed by atoms with Crippen LogP contribution in [0.4, 0.5) is 5.69 Å². The number of ether oxygens (including phenoxy) is 1. The third-order valence-corrected chi connectivity index (χ3v) is 4.30. The predicted octanol–water partition coefficient (Wildman–Crippen LogP) is 3.59. The zero-order valence-corrected chi connectivity index (χ0v) is 13.7. The Morgan fingerprint density at radius 1 is 1.26 bits per heavy atom. The Balaban J connectivity index is 2.01. The van der Waals surface area contributed by atoms with Gasteiger partial charge in [-0.15, -0.1) is 0 Å². The summed E-state index contributed by atoms with van der Waals surface area (Å²) in [7, 11) is 1.50. The number of anilines is 1. The molecule has 1 radical (unpaired) electrons. The van der Waals surface area contributed by atoms with Crippen LogP contribution in [0.1, 0.15) is 18.1 Å². The minimum Gasteiger partial charge on any atom is -0.504 e. The molecule has 4 nitrogen and oxygen atoms in total. The van der Waals surface area contributed by atoms with Crippen molar-refractivity contribution in [3.05, 3.63) is 58.5 Å². The second kappa shape index (κ2) is 6.13. The molecule has 2 aromatic rings. The molecule has 0 fully saturated rings. The number of phenolic OH excluding ortho intramolecular Hbond substituents is 1. The van der Waals surface area contributed by atoms with E-state index >= 15 is 0 Å². The molecule has 1 amide bonds. The maximum absolute atomic E-state index is 12.7. The number of hydrogen-bond donors (Lipinski definition) is 1. The SMILES string of the molecule is CCN1C(=O)[C](Cc2cccc(OC)c2O)c2cc(Cl)ccc21. The van der Waals surface area contributed by atoms with Gasteiger partial charge in [0.1, 0.15) is 0 Å². The maximum Gasteiger partial charge on any atom is 0.239 e. The highest BCUT2D eigenvalue weighted by Crippen LogP contribution is 2.41. The van der Waals surface area contributed by atoms with Crippen LogP contribution in [0.2, 0.25) is 5.02 Å². The van der Waals surface area contributed by atoms with Crippen molar-refractivity contribution < 1.29 is 14.6 Å². The third-order valence-electron chi connectivity index (χ3n) is 4.06. The average molecular weight is 331 g/mol. The monoisotopic (exact) mass is 330 g/mol. The molecule has 1 heterocycles. The fourth-order valence-electron chi connectivity index (χ4n) is 2.92. The van der Waals surface area contributed by atoms with E-state index in [1.807, 2.05) is 13.0 Å². The molecule has 1 aliphatic rings. The summed E-state index contributed by atoms with van der Waals surface area (Å²) in [5.41, 5.74) is 2.34. The normalized spacial score (nSPS) is 14.2. The Morgan fingerprint density at radius 3 is 2.74 bits per heavy atom. The summed E-state index contributed by atoms with van der Waals surface area (Å²) in [6, 6.07) is 10.7. The quantitative estimate of drug-likeness (QED) is 0.932. The first kappa shape index (κ1) is 15.7. The van der Waals surface area contributed by atoms with Crippen LogP contribution in [0, 0.1) is 5.92 Å². The van der Waals surface area contributed by atoms with Gasteiger partial charge in [-0.25, -0.2) is 0 Å². The van der Waals surface area contributed by atoms with Crippen molar-refractivity contribution in [1.82, 2.24) is 0 Å². The lowest BCUT2D eigenvalue weighted by Gasteiger charge is -2.15. The number of benzene rings is 2. The van der Waals surface area contributed by atoms with Gasteiger partial charge < -0.3 is 14.7 Å². The number of para-hydroxylation sites is 1. The van der Waals surface area contributed by atoms with Crippen molar-refractivity contribution >= 4 is 23.2 Å². The summed E-state index contributed by atoms with van der Waals surface area (Å²) >= 11 is 6.10. The molecule has 0 unspecified atom stereocenters. The number of hydrogen-bond acceptors (Lipinski definition) is 3. The molecule has 1 aliphatic heterocycles. The van der Waals surface area contributed by atoms with Crippen LogP contribution in [0.25, 0.3) is 0 Å². The molecule has 0 saturated carbocycles. The van der Waals surface area contributed by atoms with Gasteiger partial charge in [-0.3, -0.25) is 4.79 Å². The number of rotatable bonds is 4. The summed E-state index contributed by atoms with van der Waals surface area (Å²) in [5.74, 6) is 1.04. The molecule has 1 N–H and O–H groups in total. The van der Waals surface area contributed by atoms with Gasteiger partial charge in [-0.2, -0.15) is 0 Å². The highest BCUT2D eigenvalue weighted by atomic mass is 35.5. The van der Waals surface area contributed by atoms with Crippen molar-refractivity contribution in [2.75, 3.05) is 18.6 Å². The summed E-state index contributed by atoms with van der Waals surface area (Å²) in [4.78, 5) is 14.4. The fourth-order valence-corrected chi connectivity index (χ4v) is 3.10. The molecule has 0 aliphatic carbocycles. The Kier molecular flexibility index (Phi) is 4.18. The largest absolute Gasteiger partial charge is 0.504 e. The molecular weight excluding hydrogens is 314 g/mol. The smallest absolute Gasteiger partial charge is 0.239 e. The van der Waals surface area contributed by atoms with Crippen LogP contribution in [-0.2, 0) is 11.2 Å². The standard InChI is InChI=1S/C18H17ClNO3/c1-3-20-15-8-7-12(19)10-13(15)14(18(20)22)9-11-5-4-6-16(23-2)17(11)21/h4-8,10,21H,3,9H2,1-2H3. The molecule has 0 bridgehead atoms. The number of aromatic hydroxyl groups is 1. The third kappa shape index (κ3) is 2.63. The molecule has 23 heavy (non-hydrogen) atoms. The highest BCUT2D eigenvalue weighted by Gasteiger charge is 2.37. The lowest BCUT2D eigenvalue weighted by atomic mass is 9.92. The fraction of sp³-hybridized carbons (Fsp3) is 0.222. The van der Waals surface area contributed by atoms with Crippen LogP contribution < -0.4 is 9.64 Å². The first-order chi connectivity index (χ1) is 11.1. The first-order valence-electron chi connectivity index (χ1n) is 7.39. The number of phenols is 1. The highest BCUT2D eigenvalue weighted by molar-refractivity contribution is 6.31. The summed E-state index contributed by atoms with van der Waals surface area (Å²) in [6.07, 6.45) is 0.325. The molecule has 2 aromatic carbocycles. The number of amides is 1. The molecule has 0 atom stereocenters. The molecule has 0 saturated heterocycles. The van der Waals surface area contributed by atoms with E-state index in [9.17, 15) is 9.90 Å². The van der Waals surface area contributed by atoms with E-state index < -0.39 is 0 Å². The Labute approximate surface area is 140 Å². The van der Waals surface area contributed by atoms with Gasteiger partial charge in [0.2, 0.25) is 5.91 Å². The minimum absolute atomic E-state index is 0.0491. The molecular formula is C18H17ClNO3. The van der Waals surface area contributed by atoms with Crippen LogP contribution in [-0.4, -0.2) is 24.7 Å². The van der Waals surface area contributed by atoms with E-state index in [0.717, 1.165) is 11.3 Å². The van der Waals surface area contributed by atoms with E-state index in [1.165, 1.54) is 7.11 Å². The van der Waals surface area contributed by atoms with Crippen molar-refractivity contribution in [3.8, 4) is 11.5 Å². The zero-order valence-electron chi connectivity index (χ0n) is 13.0. The van der Waals surface area contributed by atoms with Gasteiger partial charge in [0.15, 0.2) is 11.5 Å². The van der Waals surface area contributed by atoms with Gasteiger partial charge in [0, 0.05) is 17.3 Å². The average Bonchev–Trinajstić information content (AvgIpc) is 2.80. The molecule has 0 aromatic heterocycles. The lowest BCUT2D eigenvalue weighted by Crippen LogP contribution is -2.29. The maximum atomic E-state index is 12.7. The Morgan fingerprint density at radius 2 is 2.04 bits per heavy atom. The number of fused-ring (bicyclic) bond motifs is 1. The number of halogens is 1. The van der Waals surface area contributed by atoms with E-state index in [4.69, 9.17) is 16.3 Å². The number of carbonyl (C=O) groups excluding carboxylic acids is 1. The van der Waals surface area contributed by atoms with Crippen molar-refractivity contribution in [2.24, 2.45) is 0 Å². The number of methoxy groups -OCH3 is 1. The van der Waals surface area contributed by atoms with E-state index in [0.29, 0.717) is 35.2 Å². The van der Waals surface area contributed by atoms with Gasteiger partial charge >= 0.3 is 0 Å². The minimum atomic E-state index is -0.0491. The van der Waals surface area contributed by atoms with Crippen molar-refractivity contribution in [1.29, 1.82) is 0 Å². The van der Waals surface area contributed by atoms with E-state index in [1.54, 1.807) is 35.2 Å². The second-order valence-electron chi connectivity index (χ2n) is 5.33.